The maximum Gasteiger partial charge on any atom is 0.214 e. The highest BCUT2D eigenvalue weighted by atomic mass is 19.1. The number of ether oxygens (including phenoxy) is 2. The lowest BCUT2D eigenvalue weighted by Gasteiger charge is -2.28. The van der Waals surface area contributed by atoms with Gasteiger partial charge in [0.25, 0.3) is 0 Å². The van der Waals surface area contributed by atoms with Gasteiger partial charge in [-0.3, -0.25) is 5.32 Å². The molecule has 0 bridgehead atoms. The molecule has 0 spiro atoms. The molecule has 0 saturated carbocycles. The number of hydrogen-bond donors (Lipinski definition) is 2. The third-order valence-corrected chi connectivity index (χ3v) is 2.42. The van der Waals surface area contributed by atoms with E-state index in [4.69, 9.17) is 9.47 Å². The van der Waals surface area contributed by atoms with Gasteiger partial charge in [-0.25, -0.2) is 4.39 Å². The van der Waals surface area contributed by atoms with Crippen LogP contribution in [-0.2, 0) is 9.47 Å². The van der Waals surface area contributed by atoms with Crippen LogP contribution in [0.4, 0.5) is 4.39 Å². The van der Waals surface area contributed by atoms with Crippen LogP contribution in [0.3, 0.4) is 0 Å². The van der Waals surface area contributed by atoms with E-state index in [1.54, 1.807) is 18.2 Å². The number of aliphatic hydroxyl groups excluding tert-OH is 1. The van der Waals surface area contributed by atoms with Crippen LogP contribution in [-0.4, -0.2) is 30.8 Å². The highest BCUT2D eigenvalue weighted by molar-refractivity contribution is 5.21. The lowest BCUT2D eigenvalue weighted by Crippen LogP contribution is -2.41. The van der Waals surface area contributed by atoms with E-state index in [1.165, 1.54) is 13.2 Å². The van der Waals surface area contributed by atoms with Crippen molar-refractivity contribution in [1.29, 1.82) is 0 Å². The zero-order valence-corrected chi connectivity index (χ0v) is 11.8. The highest BCUT2D eigenvalue weighted by Gasteiger charge is 2.22. The van der Waals surface area contributed by atoms with E-state index in [2.05, 4.69) is 5.32 Å². The first-order valence-corrected chi connectivity index (χ1v) is 6.19. The molecular weight excluding hydrogens is 249 g/mol. The monoisotopic (exact) mass is 271 g/mol. The predicted molar refractivity (Wildman–Crippen MR) is 71.0 cm³/mol. The number of methoxy groups -OCH3 is 1. The smallest absolute Gasteiger partial charge is 0.214 e. The molecule has 108 valence electrons. The van der Waals surface area contributed by atoms with Crippen molar-refractivity contribution in [2.24, 2.45) is 0 Å². The largest absolute Gasteiger partial charge is 0.383 e. The summed E-state index contributed by atoms with van der Waals surface area (Å²) in [5.74, 6) is -0.347. The Morgan fingerprint density at radius 3 is 2.47 bits per heavy atom. The van der Waals surface area contributed by atoms with Crippen LogP contribution < -0.4 is 5.32 Å². The van der Waals surface area contributed by atoms with Gasteiger partial charge in [0.2, 0.25) is 6.41 Å². The third-order valence-electron chi connectivity index (χ3n) is 2.42. The van der Waals surface area contributed by atoms with Crippen LogP contribution in [0.25, 0.3) is 0 Å². The summed E-state index contributed by atoms with van der Waals surface area (Å²) < 4.78 is 24.1. The number of halogens is 1. The Morgan fingerprint density at radius 1 is 1.32 bits per heavy atom. The first-order chi connectivity index (χ1) is 8.83. The Balaban J connectivity index is 2.76. The van der Waals surface area contributed by atoms with Crippen LogP contribution in [0.15, 0.2) is 24.3 Å². The quantitative estimate of drug-likeness (QED) is 0.779. The summed E-state index contributed by atoms with van der Waals surface area (Å²) >= 11 is 0. The summed E-state index contributed by atoms with van der Waals surface area (Å²) in [7, 11) is 1.52. The average Bonchev–Trinajstić information content (AvgIpc) is 2.26. The molecule has 0 amide bonds. The second kappa shape index (κ2) is 6.96. The molecule has 0 aliphatic rings. The molecule has 0 heterocycles. The van der Waals surface area contributed by atoms with Crippen molar-refractivity contribution in [3.63, 3.8) is 0 Å². The van der Waals surface area contributed by atoms with Gasteiger partial charge in [0.05, 0.1) is 18.2 Å². The fraction of sp³-hybridized carbons (Fsp3) is 0.571. The minimum atomic E-state index is -1.19. The summed E-state index contributed by atoms with van der Waals surface area (Å²) in [5.41, 5.74) is -0.0693. The second-order valence-corrected chi connectivity index (χ2v) is 5.28. The van der Waals surface area contributed by atoms with E-state index in [9.17, 15) is 9.50 Å². The molecule has 0 saturated heterocycles. The fourth-order valence-electron chi connectivity index (χ4n) is 1.69. The molecule has 4 nitrogen and oxygen atoms in total. The van der Waals surface area contributed by atoms with E-state index in [0.29, 0.717) is 5.56 Å². The Hall–Kier alpha value is -1.01. The molecule has 1 aromatic rings. The molecule has 0 aromatic heterocycles. The molecule has 0 aliphatic carbocycles. The van der Waals surface area contributed by atoms with Crippen molar-refractivity contribution in [2.75, 3.05) is 13.7 Å². The van der Waals surface area contributed by atoms with Gasteiger partial charge in [-0.05, 0) is 26.8 Å². The van der Waals surface area contributed by atoms with E-state index in [1.807, 2.05) is 20.8 Å². The van der Waals surface area contributed by atoms with Crippen molar-refractivity contribution < 1.29 is 19.0 Å². The van der Waals surface area contributed by atoms with Gasteiger partial charge >= 0.3 is 0 Å². The maximum atomic E-state index is 13.7. The second-order valence-electron chi connectivity index (χ2n) is 5.28. The van der Waals surface area contributed by atoms with Gasteiger partial charge < -0.3 is 14.6 Å². The highest BCUT2D eigenvalue weighted by Crippen LogP contribution is 2.18. The summed E-state index contributed by atoms with van der Waals surface area (Å²) in [5, 5.41) is 12.6. The Morgan fingerprint density at radius 2 is 1.95 bits per heavy atom. The lowest BCUT2D eigenvalue weighted by molar-refractivity contribution is -0.187. The summed E-state index contributed by atoms with van der Waals surface area (Å²) in [6, 6.07) is 5.89. The van der Waals surface area contributed by atoms with Crippen molar-refractivity contribution in [3.8, 4) is 0 Å². The molecular formula is C14H22FNO3. The van der Waals surface area contributed by atoms with Gasteiger partial charge in [0, 0.05) is 12.7 Å². The van der Waals surface area contributed by atoms with Gasteiger partial charge in [-0.2, -0.15) is 0 Å². The van der Waals surface area contributed by atoms with Crippen LogP contribution >= 0.6 is 0 Å². The number of aliphatic hydroxyl groups is 1. The molecule has 0 radical (unpaired) electrons. The molecule has 1 rings (SSSR count). The zero-order chi connectivity index (χ0) is 14.5. The maximum absolute atomic E-state index is 13.7. The SMILES string of the molecule is COCC(NC(O)OC(C)(C)C)c1ccccc1F. The summed E-state index contributed by atoms with van der Waals surface area (Å²) in [4.78, 5) is 0. The van der Waals surface area contributed by atoms with Crippen molar-refractivity contribution >= 4 is 0 Å². The first-order valence-electron chi connectivity index (χ1n) is 6.19. The lowest BCUT2D eigenvalue weighted by atomic mass is 10.1. The Labute approximate surface area is 113 Å². The third kappa shape index (κ3) is 5.65. The standard InChI is InChI=1S/C14H22FNO3/c1-14(2,3)19-13(17)16-12(9-18-4)10-7-5-6-8-11(10)15/h5-8,12-13,16-17H,9H2,1-4H3. The van der Waals surface area contributed by atoms with E-state index < -0.39 is 18.1 Å². The van der Waals surface area contributed by atoms with Crippen LogP contribution in [0.1, 0.15) is 32.4 Å². The Bertz CT molecular complexity index is 393. The molecule has 19 heavy (non-hydrogen) atoms. The van der Waals surface area contributed by atoms with Gasteiger partial charge in [-0.15, -0.1) is 0 Å². The van der Waals surface area contributed by atoms with E-state index >= 15 is 0 Å². The topological polar surface area (TPSA) is 50.7 Å². The number of rotatable bonds is 6. The van der Waals surface area contributed by atoms with Crippen LogP contribution in [0, 0.1) is 5.82 Å². The molecule has 2 atom stereocenters. The van der Waals surface area contributed by atoms with E-state index in [0.717, 1.165) is 0 Å². The number of benzene rings is 1. The molecule has 5 heteroatoms. The van der Waals surface area contributed by atoms with Crippen LogP contribution in [0.2, 0.25) is 0 Å². The van der Waals surface area contributed by atoms with E-state index in [-0.39, 0.29) is 12.4 Å². The average molecular weight is 271 g/mol. The molecule has 2 N–H and O–H groups in total. The minimum absolute atomic E-state index is 0.228. The Kier molecular flexibility index (Phi) is 5.87. The number of hydrogen-bond acceptors (Lipinski definition) is 4. The molecule has 2 unspecified atom stereocenters. The van der Waals surface area contributed by atoms with Crippen LogP contribution in [0.5, 0.6) is 0 Å². The van der Waals surface area contributed by atoms with Gasteiger partial charge in [0.1, 0.15) is 5.82 Å². The van der Waals surface area contributed by atoms with Crippen molar-refractivity contribution in [1.82, 2.24) is 5.32 Å². The molecule has 0 aliphatic heterocycles. The summed E-state index contributed by atoms with van der Waals surface area (Å²) in [6.07, 6.45) is -1.19. The molecule has 1 aromatic carbocycles. The first kappa shape index (κ1) is 16.0. The van der Waals surface area contributed by atoms with Gasteiger partial charge in [-0.1, -0.05) is 18.2 Å². The predicted octanol–water partition coefficient (Wildman–Crippen LogP) is 2.19. The number of nitrogens with one attached hydrogen (secondary N) is 1. The molecule has 0 fully saturated rings. The van der Waals surface area contributed by atoms with Gasteiger partial charge in [0.15, 0.2) is 0 Å². The van der Waals surface area contributed by atoms with Crippen molar-refractivity contribution in [2.45, 2.75) is 38.8 Å². The minimum Gasteiger partial charge on any atom is -0.383 e. The summed E-state index contributed by atoms with van der Waals surface area (Å²) in [6.45, 7) is 5.70. The normalized spacial score (nSPS) is 15.3. The van der Waals surface area contributed by atoms with Crippen molar-refractivity contribution in [3.05, 3.63) is 35.6 Å². The zero-order valence-electron chi connectivity index (χ0n) is 11.8. The fourth-order valence-corrected chi connectivity index (χ4v) is 1.69.